The molecular weight excluding hydrogens is 398 g/mol. The van der Waals surface area contributed by atoms with Gasteiger partial charge in [-0.3, -0.25) is 4.79 Å². The van der Waals surface area contributed by atoms with E-state index in [2.05, 4.69) is 34.1 Å². The molecular formula is C24H30ClN3O2. The van der Waals surface area contributed by atoms with Crippen LogP contribution in [-0.2, 0) is 11.3 Å². The summed E-state index contributed by atoms with van der Waals surface area (Å²) in [5.74, 6) is 1.23. The Morgan fingerprint density at radius 1 is 0.900 bits per heavy atom. The lowest BCUT2D eigenvalue weighted by atomic mass is 9.89. The number of pyridine rings is 1. The van der Waals surface area contributed by atoms with Gasteiger partial charge in [0.1, 0.15) is 5.02 Å². The van der Waals surface area contributed by atoms with Gasteiger partial charge in [-0.1, -0.05) is 23.7 Å². The van der Waals surface area contributed by atoms with Crippen LogP contribution in [0.1, 0.15) is 37.2 Å². The molecule has 1 aliphatic carbocycles. The van der Waals surface area contributed by atoms with Crippen molar-refractivity contribution in [1.82, 2.24) is 4.57 Å². The van der Waals surface area contributed by atoms with E-state index < -0.39 is 0 Å². The van der Waals surface area contributed by atoms with Crippen molar-refractivity contribution in [2.75, 3.05) is 49.2 Å². The number of hydrogen-bond acceptors (Lipinski definition) is 4. The molecule has 2 saturated heterocycles. The van der Waals surface area contributed by atoms with Gasteiger partial charge in [0, 0.05) is 44.6 Å². The number of nitrogens with zero attached hydrogens (tertiary/aromatic N) is 3. The standard InChI is InChI=1S/C24H30ClN3O2/c25-23-22(9-12-28(24(23)29)17-18-1-2-18)27-10-7-20(8-11-27)19-3-5-21(6-4-19)26-13-15-30-16-14-26/h3-6,9,12,18,20H,1-2,7-8,10-11,13-17H2. The van der Waals surface area contributed by atoms with Crippen LogP contribution >= 0.6 is 11.6 Å². The van der Waals surface area contributed by atoms with Crippen LogP contribution in [0.3, 0.4) is 0 Å². The molecule has 0 spiro atoms. The molecule has 0 unspecified atom stereocenters. The first-order valence-electron chi connectivity index (χ1n) is 11.3. The fourth-order valence-electron chi connectivity index (χ4n) is 4.74. The smallest absolute Gasteiger partial charge is 0.271 e. The molecule has 2 aliphatic heterocycles. The number of anilines is 2. The van der Waals surface area contributed by atoms with Gasteiger partial charge >= 0.3 is 0 Å². The SMILES string of the molecule is O=c1c(Cl)c(N2CCC(c3ccc(N4CCOCC4)cc3)CC2)ccn1CC1CC1. The lowest BCUT2D eigenvalue weighted by Crippen LogP contribution is -2.36. The minimum absolute atomic E-state index is 0.0399. The highest BCUT2D eigenvalue weighted by Crippen LogP contribution is 2.34. The molecule has 6 heteroatoms. The van der Waals surface area contributed by atoms with E-state index >= 15 is 0 Å². The zero-order valence-electron chi connectivity index (χ0n) is 17.4. The first kappa shape index (κ1) is 20.0. The number of benzene rings is 1. The van der Waals surface area contributed by atoms with E-state index in [0.29, 0.717) is 16.9 Å². The molecule has 5 rings (SSSR count). The number of rotatable bonds is 5. The van der Waals surface area contributed by atoms with E-state index in [1.807, 2.05) is 12.3 Å². The Labute approximate surface area is 183 Å². The van der Waals surface area contributed by atoms with Crippen LogP contribution in [0.2, 0.25) is 5.02 Å². The average molecular weight is 428 g/mol. The Kier molecular flexibility index (Phi) is 5.74. The summed E-state index contributed by atoms with van der Waals surface area (Å²) in [6.07, 6.45) is 6.55. The number of ether oxygens (including phenoxy) is 1. The Hall–Kier alpha value is -1.98. The molecule has 3 fully saturated rings. The monoisotopic (exact) mass is 427 g/mol. The summed E-state index contributed by atoms with van der Waals surface area (Å²) in [5.41, 5.74) is 3.56. The summed E-state index contributed by atoms with van der Waals surface area (Å²) in [4.78, 5) is 17.3. The van der Waals surface area contributed by atoms with Crippen molar-refractivity contribution in [3.63, 3.8) is 0 Å². The van der Waals surface area contributed by atoms with Gasteiger partial charge in [0.2, 0.25) is 0 Å². The first-order valence-corrected chi connectivity index (χ1v) is 11.6. The van der Waals surface area contributed by atoms with Gasteiger partial charge in [0.15, 0.2) is 0 Å². The lowest BCUT2D eigenvalue weighted by molar-refractivity contribution is 0.122. The average Bonchev–Trinajstić information content (AvgIpc) is 3.62. The van der Waals surface area contributed by atoms with Crippen molar-refractivity contribution in [1.29, 1.82) is 0 Å². The van der Waals surface area contributed by atoms with Gasteiger partial charge in [0.05, 0.1) is 18.9 Å². The van der Waals surface area contributed by atoms with Crippen molar-refractivity contribution >= 4 is 23.0 Å². The van der Waals surface area contributed by atoms with Gasteiger partial charge in [-0.05, 0) is 61.3 Å². The molecule has 3 aliphatic rings. The molecule has 1 aromatic heterocycles. The predicted molar refractivity (Wildman–Crippen MR) is 122 cm³/mol. The topological polar surface area (TPSA) is 37.7 Å². The van der Waals surface area contributed by atoms with Crippen LogP contribution in [0.5, 0.6) is 0 Å². The molecule has 3 heterocycles. The summed E-state index contributed by atoms with van der Waals surface area (Å²) >= 11 is 6.49. The zero-order valence-corrected chi connectivity index (χ0v) is 18.2. The fourth-order valence-corrected chi connectivity index (χ4v) is 5.03. The Morgan fingerprint density at radius 3 is 2.27 bits per heavy atom. The van der Waals surface area contributed by atoms with Crippen LogP contribution in [-0.4, -0.2) is 44.0 Å². The Bertz CT molecular complexity index is 924. The maximum atomic E-state index is 12.6. The summed E-state index contributed by atoms with van der Waals surface area (Å²) in [6.45, 7) is 6.24. The van der Waals surface area contributed by atoms with E-state index in [4.69, 9.17) is 16.3 Å². The summed E-state index contributed by atoms with van der Waals surface area (Å²) < 4.78 is 7.24. The maximum Gasteiger partial charge on any atom is 0.271 e. The Balaban J connectivity index is 1.22. The van der Waals surface area contributed by atoms with Gasteiger partial charge in [-0.2, -0.15) is 0 Å². The molecule has 0 N–H and O–H groups in total. The number of morpholine rings is 1. The molecule has 30 heavy (non-hydrogen) atoms. The number of piperidine rings is 1. The molecule has 160 valence electrons. The maximum absolute atomic E-state index is 12.6. The fraction of sp³-hybridized carbons (Fsp3) is 0.542. The zero-order chi connectivity index (χ0) is 20.5. The minimum Gasteiger partial charge on any atom is -0.378 e. The van der Waals surface area contributed by atoms with Gasteiger partial charge < -0.3 is 19.1 Å². The van der Waals surface area contributed by atoms with Crippen LogP contribution in [0.4, 0.5) is 11.4 Å². The summed E-state index contributed by atoms with van der Waals surface area (Å²) in [6, 6.07) is 11.1. The quantitative estimate of drug-likeness (QED) is 0.719. The highest BCUT2D eigenvalue weighted by atomic mass is 35.5. The molecule has 0 radical (unpaired) electrons. The predicted octanol–water partition coefficient (Wildman–Crippen LogP) is 4.13. The van der Waals surface area contributed by atoms with Crippen molar-refractivity contribution in [3.8, 4) is 0 Å². The number of hydrogen-bond donors (Lipinski definition) is 0. The molecule has 0 bridgehead atoms. The van der Waals surface area contributed by atoms with Crippen molar-refractivity contribution in [2.45, 2.75) is 38.1 Å². The molecule has 1 saturated carbocycles. The lowest BCUT2D eigenvalue weighted by Gasteiger charge is -2.34. The molecule has 2 aromatic rings. The van der Waals surface area contributed by atoms with E-state index in [-0.39, 0.29) is 5.56 Å². The third-order valence-corrected chi connectivity index (χ3v) is 7.17. The summed E-state index contributed by atoms with van der Waals surface area (Å²) in [5, 5.41) is 0.381. The van der Waals surface area contributed by atoms with Crippen LogP contribution < -0.4 is 15.4 Å². The highest BCUT2D eigenvalue weighted by molar-refractivity contribution is 6.33. The second kappa shape index (κ2) is 8.64. The van der Waals surface area contributed by atoms with Gasteiger partial charge in [-0.15, -0.1) is 0 Å². The van der Waals surface area contributed by atoms with Crippen molar-refractivity contribution < 1.29 is 4.74 Å². The van der Waals surface area contributed by atoms with Crippen LogP contribution in [0, 0.1) is 5.92 Å². The van der Waals surface area contributed by atoms with E-state index in [1.165, 1.54) is 24.1 Å². The summed E-state index contributed by atoms with van der Waals surface area (Å²) in [7, 11) is 0. The third kappa shape index (κ3) is 4.23. The first-order chi connectivity index (χ1) is 14.7. The van der Waals surface area contributed by atoms with Crippen LogP contribution in [0.15, 0.2) is 41.3 Å². The van der Waals surface area contributed by atoms with Gasteiger partial charge in [0.25, 0.3) is 5.56 Å². The molecule has 1 aromatic carbocycles. The van der Waals surface area contributed by atoms with Gasteiger partial charge in [-0.25, -0.2) is 0 Å². The number of aromatic nitrogens is 1. The largest absolute Gasteiger partial charge is 0.378 e. The Morgan fingerprint density at radius 2 is 1.60 bits per heavy atom. The van der Waals surface area contributed by atoms with Crippen LogP contribution in [0.25, 0.3) is 0 Å². The van der Waals surface area contributed by atoms with Crippen molar-refractivity contribution in [2.24, 2.45) is 5.92 Å². The van der Waals surface area contributed by atoms with E-state index in [1.54, 1.807) is 4.57 Å². The normalized spacial score (nSPS) is 20.6. The molecule has 5 nitrogen and oxygen atoms in total. The second-order valence-corrected chi connectivity index (χ2v) is 9.25. The highest BCUT2D eigenvalue weighted by Gasteiger charge is 2.25. The number of halogens is 1. The third-order valence-electron chi connectivity index (χ3n) is 6.81. The van der Waals surface area contributed by atoms with Crippen molar-refractivity contribution in [3.05, 3.63) is 57.5 Å². The molecule has 0 atom stereocenters. The minimum atomic E-state index is -0.0399. The molecule has 0 amide bonds. The van der Waals surface area contributed by atoms with E-state index in [9.17, 15) is 4.79 Å². The second-order valence-electron chi connectivity index (χ2n) is 8.87. The van der Waals surface area contributed by atoms with E-state index in [0.717, 1.165) is 64.5 Å².